The molecular formula is C27H28O3. The zero-order chi connectivity index (χ0) is 21.8. The number of methoxy groups -OCH3 is 1. The van der Waals surface area contributed by atoms with Crippen molar-refractivity contribution in [1.82, 2.24) is 0 Å². The fourth-order valence-corrected chi connectivity index (χ4v) is 3.21. The van der Waals surface area contributed by atoms with Gasteiger partial charge in [0.15, 0.2) is 5.60 Å². The minimum atomic E-state index is -1.50. The van der Waals surface area contributed by atoms with E-state index < -0.39 is 5.60 Å². The summed E-state index contributed by atoms with van der Waals surface area (Å²) < 4.78 is 5.24. The minimum Gasteiger partial charge on any atom is -0.497 e. The lowest BCUT2D eigenvalue weighted by molar-refractivity contribution is 0.145. The van der Waals surface area contributed by atoms with Crippen LogP contribution in [0, 0.1) is 11.8 Å². The first-order valence-corrected chi connectivity index (χ1v) is 9.97. The van der Waals surface area contributed by atoms with Crippen LogP contribution in [0.4, 0.5) is 0 Å². The van der Waals surface area contributed by atoms with E-state index >= 15 is 0 Å². The molecule has 3 nitrogen and oxygen atoms in total. The van der Waals surface area contributed by atoms with Crippen molar-refractivity contribution < 1.29 is 14.9 Å². The molecule has 2 N–H and O–H groups in total. The lowest BCUT2D eigenvalue weighted by atomic mass is 9.85. The van der Waals surface area contributed by atoms with Crippen molar-refractivity contribution in [1.29, 1.82) is 0 Å². The first kappa shape index (κ1) is 21.6. The van der Waals surface area contributed by atoms with Gasteiger partial charge in [-0.15, -0.1) is 0 Å². The van der Waals surface area contributed by atoms with Gasteiger partial charge in [0.1, 0.15) is 5.75 Å². The fourth-order valence-electron chi connectivity index (χ4n) is 3.21. The summed E-state index contributed by atoms with van der Waals surface area (Å²) in [6.45, 7) is 6.47. The summed E-state index contributed by atoms with van der Waals surface area (Å²) >= 11 is 0. The van der Waals surface area contributed by atoms with Crippen LogP contribution in [0.2, 0.25) is 0 Å². The van der Waals surface area contributed by atoms with Crippen LogP contribution in [-0.2, 0) is 17.6 Å². The highest BCUT2D eigenvalue weighted by Crippen LogP contribution is 2.31. The second-order valence-corrected chi connectivity index (χ2v) is 8.37. The topological polar surface area (TPSA) is 49.7 Å². The van der Waals surface area contributed by atoms with Crippen molar-refractivity contribution in [3.8, 4) is 17.6 Å². The Morgan fingerprint density at radius 2 is 1.27 bits per heavy atom. The zero-order valence-corrected chi connectivity index (χ0v) is 17.9. The smallest absolute Gasteiger partial charge is 0.177 e. The number of hydrogen-bond donors (Lipinski definition) is 2. The molecule has 0 aromatic heterocycles. The maximum absolute atomic E-state index is 11.6. The maximum atomic E-state index is 11.6. The molecule has 0 aliphatic heterocycles. The molecule has 0 aliphatic carbocycles. The van der Waals surface area contributed by atoms with E-state index in [-0.39, 0.29) is 12.0 Å². The van der Waals surface area contributed by atoms with Crippen LogP contribution >= 0.6 is 0 Å². The number of hydrogen-bond acceptors (Lipinski definition) is 3. The molecule has 0 heterocycles. The van der Waals surface area contributed by atoms with E-state index in [1.807, 2.05) is 36.4 Å². The Bertz CT molecular complexity index is 981. The van der Waals surface area contributed by atoms with Gasteiger partial charge >= 0.3 is 0 Å². The molecular weight excluding hydrogens is 372 g/mol. The SMILES string of the molecule is COc1ccc(C(O)(C#Cc2ccc(C(C)(C)C)cc2)c2ccc(CO)cc2)cc1. The molecule has 0 fully saturated rings. The Morgan fingerprint density at radius 1 is 0.767 bits per heavy atom. The van der Waals surface area contributed by atoms with Crippen molar-refractivity contribution in [2.45, 2.75) is 38.4 Å². The van der Waals surface area contributed by atoms with Crippen molar-refractivity contribution in [3.05, 3.63) is 101 Å². The highest BCUT2D eigenvalue weighted by molar-refractivity contribution is 5.49. The molecule has 0 radical (unpaired) electrons. The van der Waals surface area contributed by atoms with Crippen LogP contribution in [0.5, 0.6) is 5.75 Å². The van der Waals surface area contributed by atoms with Crippen molar-refractivity contribution in [2.24, 2.45) is 0 Å². The normalized spacial score (nSPS) is 13.1. The van der Waals surface area contributed by atoms with Gasteiger partial charge in [-0.2, -0.15) is 0 Å². The average molecular weight is 401 g/mol. The molecule has 0 saturated heterocycles. The Balaban J connectivity index is 2.04. The lowest BCUT2D eigenvalue weighted by Gasteiger charge is -2.24. The van der Waals surface area contributed by atoms with E-state index in [9.17, 15) is 10.2 Å². The molecule has 0 saturated carbocycles. The molecule has 0 spiro atoms. The van der Waals surface area contributed by atoms with E-state index in [0.29, 0.717) is 16.9 Å². The quantitative estimate of drug-likeness (QED) is 0.620. The Hall–Kier alpha value is -3.06. The van der Waals surface area contributed by atoms with E-state index in [4.69, 9.17) is 4.74 Å². The number of ether oxygens (including phenoxy) is 1. The van der Waals surface area contributed by atoms with Crippen molar-refractivity contribution in [2.75, 3.05) is 7.11 Å². The molecule has 0 amide bonds. The van der Waals surface area contributed by atoms with Crippen LogP contribution < -0.4 is 4.74 Å². The largest absolute Gasteiger partial charge is 0.497 e. The molecule has 0 bridgehead atoms. The standard InChI is InChI=1S/C27H28O3/c1-26(2,3)22-9-5-20(6-10-22)17-18-27(29,23-11-7-21(19-28)8-12-23)24-13-15-25(30-4)16-14-24/h5-16,28-29H,19H2,1-4H3. The van der Waals surface area contributed by atoms with Gasteiger partial charge in [-0.1, -0.05) is 81.1 Å². The molecule has 0 aliphatic rings. The van der Waals surface area contributed by atoms with Crippen LogP contribution in [-0.4, -0.2) is 17.3 Å². The summed E-state index contributed by atoms with van der Waals surface area (Å²) in [6.07, 6.45) is 0. The highest BCUT2D eigenvalue weighted by Gasteiger charge is 2.29. The first-order chi connectivity index (χ1) is 14.3. The van der Waals surface area contributed by atoms with E-state index in [1.54, 1.807) is 31.4 Å². The average Bonchev–Trinajstić information content (AvgIpc) is 2.77. The highest BCUT2D eigenvalue weighted by atomic mass is 16.5. The molecule has 1 atom stereocenters. The van der Waals surface area contributed by atoms with Crippen LogP contribution in [0.3, 0.4) is 0 Å². The number of rotatable bonds is 4. The van der Waals surface area contributed by atoms with Gasteiger partial charge in [0.25, 0.3) is 0 Å². The van der Waals surface area contributed by atoms with E-state index in [2.05, 4.69) is 44.7 Å². The third kappa shape index (κ3) is 4.74. The number of benzene rings is 3. The van der Waals surface area contributed by atoms with Gasteiger partial charge in [-0.3, -0.25) is 0 Å². The summed E-state index contributed by atoms with van der Waals surface area (Å²) in [6, 6.07) is 22.6. The fraction of sp³-hybridized carbons (Fsp3) is 0.259. The monoisotopic (exact) mass is 400 g/mol. The third-order valence-electron chi connectivity index (χ3n) is 5.20. The molecule has 30 heavy (non-hydrogen) atoms. The summed E-state index contributed by atoms with van der Waals surface area (Å²) in [5.74, 6) is 6.93. The zero-order valence-electron chi connectivity index (χ0n) is 17.9. The van der Waals surface area contributed by atoms with Crippen LogP contribution in [0.25, 0.3) is 0 Å². The van der Waals surface area contributed by atoms with E-state index in [1.165, 1.54) is 5.56 Å². The Morgan fingerprint density at radius 3 is 1.73 bits per heavy atom. The van der Waals surface area contributed by atoms with Crippen molar-refractivity contribution in [3.63, 3.8) is 0 Å². The summed E-state index contributed by atoms with van der Waals surface area (Å²) in [4.78, 5) is 0. The Labute approximate surface area is 179 Å². The molecule has 1 unspecified atom stereocenters. The van der Waals surface area contributed by atoms with Gasteiger partial charge in [0, 0.05) is 16.7 Å². The number of aliphatic hydroxyl groups is 2. The van der Waals surface area contributed by atoms with E-state index in [0.717, 1.165) is 11.1 Å². The van der Waals surface area contributed by atoms with Gasteiger partial charge in [0.05, 0.1) is 13.7 Å². The molecule has 3 aromatic carbocycles. The lowest BCUT2D eigenvalue weighted by Crippen LogP contribution is -2.25. The second-order valence-electron chi connectivity index (χ2n) is 8.37. The molecule has 3 rings (SSSR count). The minimum absolute atomic E-state index is 0.0486. The van der Waals surface area contributed by atoms with Gasteiger partial charge in [-0.05, 0) is 40.8 Å². The predicted octanol–water partition coefficient (Wildman–Crippen LogP) is 4.77. The van der Waals surface area contributed by atoms with Gasteiger partial charge < -0.3 is 14.9 Å². The van der Waals surface area contributed by atoms with Gasteiger partial charge in [0.2, 0.25) is 0 Å². The second kappa shape index (κ2) is 8.75. The van der Waals surface area contributed by atoms with Crippen LogP contribution in [0.15, 0.2) is 72.8 Å². The van der Waals surface area contributed by atoms with Crippen molar-refractivity contribution >= 4 is 0 Å². The predicted molar refractivity (Wildman–Crippen MR) is 120 cm³/mol. The molecule has 3 heteroatoms. The summed E-state index contributed by atoms with van der Waals surface area (Å²) in [5.41, 5.74) is 2.72. The molecule has 3 aromatic rings. The number of aliphatic hydroxyl groups excluding tert-OH is 1. The molecule has 154 valence electrons. The van der Waals surface area contributed by atoms with Crippen LogP contribution in [0.1, 0.15) is 48.6 Å². The first-order valence-electron chi connectivity index (χ1n) is 9.97. The van der Waals surface area contributed by atoms with Gasteiger partial charge in [-0.25, -0.2) is 0 Å². The third-order valence-corrected chi connectivity index (χ3v) is 5.20. The summed E-state index contributed by atoms with van der Waals surface area (Å²) in [5, 5.41) is 21.0. The Kier molecular flexibility index (Phi) is 6.31. The maximum Gasteiger partial charge on any atom is 0.177 e. The summed E-state index contributed by atoms with van der Waals surface area (Å²) in [7, 11) is 1.61.